The van der Waals surface area contributed by atoms with Crippen molar-refractivity contribution in [1.29, 1.82) is 0 Å². The van der Waals surface area contributed by atoms with Crippen molar-refractivity contribution in [2.45, 2.75) is 44.8 Å². The Balaban J connectivity index is 4.36. The number of carbonyl (C=O) groups is 1. The zero-order valence-electron chi connectivity index (χ0n) is 17.0. The molecule has 0 radical (unpaired) electrons. The van der Waals surface area contributed by atoms with Crippen LogP contribution in [0.5, 0.6) is 0 Å². The van der Waals surface area contributed by atoms with Crippen molar-refractivity contribution in [2.24, 2.45) is 0 Å². The van der Waals surface area contributed by atoms with Crippen LogP contribution in [0.25, 0.3) is 0 Å². The molecule has 0 N–H and O–H groups in total. The van der Waals surface area contributed by atoms with Crippen molar-refractivity contribution in [1.82, 2.24) is 0 Å². The molecule has 0 aromatic carbocycles. The number of hydrogen-bond acceptors (Lipinski definition) is 8. The van der Waals surface area contributed by atoms with E-state index < -0.39 is 6.10 Å². The first-order chi connectivity index (χ1) is 13.2. The van der Waals surface area contributed by atoms with Gasteiger partial charge in [-0.05, 0) is 6.42 Å². The lowest BCUT2D eigenvalue weighted by molar-refractivity contribution is -0.154. The molecule has 27 heavy (non-hydrogen) atoms. The number of unbranched alkanes of at least 4 members (excludes halogenated alkanes) is 1. The van der Waals surface area contributed by atoms with Crippen LogP contribution < -0.4 is 0 Å². The molecule has 0 amide bonds. The SMILES string of the molecule is C=C[C@H](C[C@@H](CC(=O)OCCCC)OCOCCOC)OCOCCOC. The Bertz CT molecular complexity index is 351. The Kier molecular flexibility index (Phi) is 19.0. The number of methoxy groups -OCH3 is 2. The fraction of sp³-hybridized carbons (Fsp3) is 0.842. The third-order valence-electron chi connectivity index (χ3n) is 3.53. The van der Waals surface area contributed by atoms with E-state index in [1.807, 2.05) is 6.92 Å². The summed E-state index contributed by atoms with van der Waals surface area (Å²) in [5.41, 5.74) is 0. The van der Waals surface area contributed by atoms with E-state index in [2.05, 4.69) is 6.58 Å². The number of ether oxygens (including phenoxy) is 7. The Morgan fingerprint density at radius 2 is 1.59 bits per heavy atom. The highest BCUT2D eigenvalue weighted by Crippen LogP contribution is 2.13. The summed E-state index contributed by atoms with van der Waals surface area (Å²) < 4.78 is 36.9. The van der Waals surface area contributed by atoms with Gasteiger partial charge < -0.3 is 33.2 Å². The first kappa shape index (κ1) is 26.0. The summed E-state index contributed by atoms with van der Waals surface area (Å²) in [5.74, 6) is -0.301. The van der Waals surface area contributed by atoms with Gasteiger partial charge in [0, 0.05) is 20.6 Å². The minimum absolute atomic E-state index is 0.0600. The molecule has 0 saturated heterocycles. The van der Waals surface area contributed by atoms with Crippen molar-refractivity contribution in [3.8, 4) is 0 Å². The van der Waals surface area contributed by atoms with Gasteiger partial charge in [-0.25, -0.2) is 0 Å². The number of esters is 1. The van der Waals surface area contributed by atoms with Crippen LogP contribution in [0, 0.1) is 0 Å². The zero-order chi connectivity index (χ0) is 20.2. The molecule has 0 unspecified atom stereocenters. The van der Waals surface area contributed by atoms with Gasteiger partial charge in [-0.15, -0.1) is 6.58 Å². The maximum Gasteiger partial charge on any atom is 0.308 e. The molecule has 0 aliphatic heterocycles. The van der Waals surface area contributed by atoms with Gasteiger partial charge in [0.05, 0.1) is 51.7 Å². The summed E-state index contributed by atoms with van der Waals surface area (Å²) in [7, 11) is 3.20. The van der Waals surface area contributed by atoms with E-state index in [0.717, 1.165) is 12.8 Å². The summed E-state index contributed by atoms with van der Waals surface area (Å²) in [6.07, 6.45) is 3.29. The molecular weight excluding hydrogens is 356 g/mol. The Morgan fingerprint density at radius 3 is 2.15 bits per heavy atom. The highest BCUT2D eigenvalue weighted by atomic mass is 16.7. The quantitative estimate of drug-likeness (QED) is 0.135. The van der Waals surface area contributed by atoms with Crippen LogP contribution in [-0.2, 0) is 38.0 Å². The first-order valence-electron chi connectivity index (χ1n) is 9.32. The monoisotopic (exact) mass is 392 g/mol. The molecule has 0 spiro atoms. The van der Waals surface area contributed by atoms with Crippen LogP contribution in [0.3, 0.4) is 0 Å². The molecule has 0 saturated carbocycles. The molecular formula is C19H36O8. The Morgan fingerprint density at radius 1 is 0.963 bits per heavy atom. The minimum atomic E-state index is -0.413. The van der Waals surface area contributed by atoms with Gasteiger partial charge in [-0.3, -0.25) is 4.79 Å². The molecule has 2 atom stereocenters. The van der Waals surface area contributed by atoms with Gasteiger partial charge >= 0.3 is 5.97 Å². The van der Waals surface area contributed by atoms with Crippen molar-refractivity contribution in [2.75, 3.05) is 60.8 Å². The standard InChI is InChI=1S/C19H36O8/c1-5-7-8-25-19(20)14-18(27-16-24-12-10-22-4)13-17(6-2)26-15-23-11-9-21-3/h6,17-18H,2,5,7-16H2,1,3-4H3/t17-,18+/m1/s1. The molecule has 0 aromatic heterocycles. The smallest absolute Gasteiger partial charge is 0.308 e. The van der Waals surface area contributed by atoms with Crippen LogP contribution in [0.1, 0.15) is 32.6 Å². The highest BCUT2D eigenvalue weighted by molar-refractivity contribution is 5.69. The number of hydrogen-bond donors (Lipinski definition) is 0. The molecule has 8 heteroatoms. The lowest BCUT2D eigenvalue weighted by atomic mass is 10.1. The lowest BCUT2D eigenvalue weighted by Crippen LogP contribution is -2.27. The van der Waals surface area contributed by atoms with Gasteiger partial charge in [0.1, 0.15) is 13.6 Å². The Hall–Kier alpha value is -1.03. The summed E-state index contributed by atoms with van der Waals surface area (Å²) in [6.45, 7) is 8.22. The average Bonchev–Trinajstić information content (AvgIpc) is 2.66. The molecule has 0 aliphatic rings. The largest absolute Gasteiger partial charge is 0.466 e. The maximum atomic E-state index is 12.0. The van der Waals surface area contributed by atoms with Crippen molar-refractivity contribution < 1.29 is 38.0 Å². The second-order valence-corrected chi connectivity index (χ2v) is 5.78. The summed E-state index contributed by atoms with van der Waals surface area (Å²) in [4.78, 5) is 12.0. The van der Waals surface area contributed by atoms with Gasteiger partial charge in [0.15, 0.2) is 0 Å². The molecule has 0 rings (SSSR count). The average molecular weight is 392 g/mol. The fourth-order valence-electron chi connectivity index (χ4n) is 1.96. The Labute approximate surface area is 163 Å². The van der Waals surface area contributed by atoms with Crippen LogP contribution >= 0.6 is 0 Å². The highest BCUT2D eigenvalue weighted by Gasteiger charge is 2.20. The lowest BCUT2D eigenvalue weighted by Gasteiger charge is -2.22. The molecule has 8 nitrogen and oxygen atoms in total. The predicted molar refractivity (Wildman–Crippen MR) is 100 cm³/mol. The van der Waals surface area contributed by atoms with Crippen LogP contribution in [0.4, 0.5) is 0 Å². The topological polar surface area (TPSA) is 81.7 Å². The normalized spacial score (nSPS) is 13.3. The van der Waals surface area contributed by atoms with Crippen LogP contribution in [0.2, 0.25) is 0 Å². The zero-order valence-corrected chi connectivity index (χ0v) is 17.0. The fourth-order valence-corrected chi connectivity index (χ4v) is 1.96. The van der Waals surface area contributed by atoms with E-state index >= 15 is 0 Å². The van der Waals surface area contributed by atoms with E-state index in [0.29, 0.717) is 39.5 Å². The molecule has 0 fully saturated rings. The summed E-state index contributed by atoms with van der Waals surface area (Å²) in [5, 5.41) is 0. The molecule has 0 bridgehead atoms. The second-order valence-electron chi connectivity index (χ2n) is 5.78. The summed E-state index contributed by atoms with van der Waals surface area (Å²) in [6, 6.07) is 0. The van der Waals surface area contributed by atoms with Gasteiger partial charge in [0.2, 0.25) is 0 Å². The summed E-state index contributed by atoms with van der Waals surface area (Å²) >= 11 is 0. The van der Waals surface area contributed by atoms with Gasteiger partial charge in [-0.1, -0.05) is 19.4 Å². The molecule has 0 aliphatic carbocycles. The van der Waals surface area contributed by atoms with E-state index in [9.17, 15) is 4.79 Å². The third-order valence-corrected chi connectivity index (χ3v) is 3.53. The van der Waals surface area contributed by atoms with E-state index in [1.165, 1.54) is 0 Å². The second kappa shape index (κ2) is 19.7. The van der Waals surface area contributed by atoms with E-state index in [-0.39, 0.29) is 32.1 Å². The van der Waals surface area contributed by atoms with Crippen molar-refractivity contribution in [3.05, 3.63) is 12.7 Å². The predicted octanol–water partition coefficient (Wildman–Crippen LogP) is 2.31. The van der Waals surface area contributed by atoms with Gasteiger partial charge in [-0.2, -0.15) is 0 Å². The van der Waals surface area contributed by atoms with E-state index in [1.54, 1.807) is 20.3 Å². The van der Waals surface area contributed by atoms with Crippen LogP contribution in [0.15, 0.2) is 12.7 Å². The first-order valence-corrected chi connectivity index (χ1v) is 9.32. The van der Waals surface area contributed by atoms with Crippen molar-refractivity contribution >= 4 is 5.97 Å². The number of carbonyl (C=O) groups excluding carboxylic acids is 1. The molecule has 160 valence electrons. The number of rotatable bonds is 20. The molecule has 0 heterocycles. The van der Waals surface area contributed by atoms with Crippen LogP contribution in [-0.4, -0.2) is 79.0 Å². The van der Waals surface area contributed by atoms with E-state index in [4.69, 9.17) is 33.2 Å². The minimum Gasteiger partial charge on any atom is -0.466 e. The molecule has 0 aromatic rings. The maximum absolute atomic E-state index is 12.0. The van der Waals surface area contributed by atoms with Crippen molar-refractivity contribution in [3.63, 3.8) is 0 Å². The van der Waals surface area contributed by atoms with Gasteiger partial charge in [0.25, 0.3) is 0 Å². The third kappa shape index (κ3) is 16.8.